The summed E-state index contributed by atoms with van der Waals surface area (Å²) in [4.78, 5) is 12.7. The van der Waals surface area contributed by atoms with Crippen molar-refractivity contribution in [2.45, 2.75) is 13.0 Å². The van der Waals surface area contributed by atoms with Gasteiger partial charge in [0.15, 0.2) is 29.2 Å². The van der Waals surface area contributed by atoms with Crippen molar-refractivity contribution >= 4 is 21.7 Å². The Labute approximate surface area is 153 Å². The molecule has 0 aliphatic rings. The van der Waals surface area contributed by atoms with Crippen molar-refractivity contribution in [3.05, 3.63) is 46.2 Å². The average molecular weight is 413 g/mol. The molecule has 0 saturated heterocycles. The van der Waals surface area contributed by atoms with Gasteiger partial charge in [0.1, 0.15) is 0 Å². The molecule has 134 valence electrons. The number of hydrogen-bond donors (Lipinski definition) is 0. The molecule has 0 heterocycles. The maximum absolute atomic E-state index is 13.9. The molecule has 0 aromatic heterocycles. The Morgan fingerprint density at radius 1 is 1.00 bits per heavy atom. The highest BCUT2D eigenvalue weighted by atomic mass is 79.9. The number of halogens is 2. The van der Waals surface area contributed by atoms with Gasteiger partial charge in [-0.2, -0.15) is 0 Å². The maximum Gasteiger partial charge on any atom is 0.203 e. The zero-order valence-electron chi connectivity index (χ0n) is 14.3. The number of rotatable bonds is 7. The van der Waals surface area contributed by atoms with E-state index in [1.807, 2.05) is 0 Å². The lowest BCUT2D eigenvalue weighted by Gasteiger charge is -2.17. The molecule has 25 heavy (non-hydrogen) atoms. The Morgan fingerprint density at radius 3 is 2.08 bits per heavy atom. The summed E-state index contributed by atoms with van der Waals surface area (Å²) in [6.45, 7) is 1.55. The van der Waals surface area contributed by atoms with Gasteiger partial charge in [-0.3, -0.25) is 4.79 Å². The molecule has 1 atom stereocenters. The van der Waals surface area contributed by atoms with E-state index in [1.54, 1.807) is 13.0 Å². The molecule has 2 aromatic rings. The van der Waals surface area contributed by atoms with Gasteiger partial charge in [0, 0.05) is 10.0 Å². The van der Waals surface area contributed by atoms with Crippen LogP contribution in [-0.4, -0.2) is 33.2 Å². The molecular weight excluding hydrogens is 395 g/mol. The van der Waals surface area contributed by atoms with Crippen molar-refractivity contribution in [3.63, 3.8) is 0 Å². The van der Waals surface area contributed by atoms with Crippen LogP contribution in [0.2, 0.25) is 0 Å². The number of ether oxygens (including phenoxy) is 4. The fourth-order valence-corrected chi connectivity index (χ4v) is 2.61. The Hall–Kier alpha value is -2.28. The smallest absolute Gasteiger partial charge is 0.203 e. The standard InChI is InChI=1S/C18H18BrFO5/c1-10(25-14-6-5-12(19)9-13(14)20)17(21)11-7-15(22-2)18(24-4)16(8-11)23-3/h5-10H,1-4H3. The number of hydrogen-bond acceptors (Lipinski definition) is 5. The van der Waals surface area contributed by atoms with E-state index in [0.717, 1.165) is 0 Å². The van der Waals surface area contributed by atoms with Gasteiger partial charge in [-0.1, -0.05) is 15.9 Å². The number of carbonyl (C=O) groups is 1. The van der Waals surface area contributed by atoms with Gasteiger partial charge in [0.2, 0.25) is 11.5 Å². The lowest BCUT2D eigenvalue weighted by atomic mass is 10.1. The van der Waals surface area contributed by atoms with Crippen LogP contribution in [0.1, 0.15) is 17.3 Å². The van der Waals surface area contributed by atoms with Crippen LogP contribution >= 0.6 is 15.9 Å². The van der Waals surface area contributed by atoms with Crippen molar-refractivity contribution in [2.24, 2.45) is 0 Å². The van der Waals surface area contributed by atoms with Crippen LogP contribution < -0.4 is 18.9 Å². The van der Waals surface area contributed by atoms with Gasteiger partial charge < -0.3 is 18.9 Å². The monoisotopic (exact) mass is 412 g/mol. The fourth-order valence-electron chi connectivity index (χ4n) is 2.27. The second-order valence-electron chi connectivity index (χ2n) is 5.11. The zero-order valence-corrected chi connectivity index (χ0v) is 15.8. The third-order valence-corrected chi connectivity index (χ3v) is 4.01. The first-order chi connectivity index (χ1) is 11.9. The molecule has 0 bridgehead atoms. The highest BCUT2D eigenvalue weighted by molar-refractivity contribution is 9.10. The van der Waals surface area contributed by atoms with E-state index < -0.39 is 11.9 Å². The largest absolute Gasteiger partial charge is 0.493 e. The average Bonchev–Trinajstić information content (AvgIpc) is 2.61. The van der Waals surface area contributed by atoms with Gasteiger partial charge in [-0.25, -0.2) is 4.39 Å². The van der Waals surface area contributed by atoms with Gasteiger partial charge in [0.05, 0.1) is 21.3 Å². The molecule has 7 heteroatoms. The SMILES string of the molecule is COc1cc(C(=O)C(C)Oc2ccc(Br)cc2F)cc(OC)c1OC. The first-order valence-electron chi connectivity index (χ1n) is 7.37. The highest BCUT2D eigenvalue weighted by Gasteiger charge is 2.22. The van der Waals surface area contributed by atoms with Crippen LogP contribution in [0, 0.1) is 5.82 Å². The topological polar surface area (TPSA) is 54.0 Å². The van der Waals surface area contributed by atoms with E-state index in [2.05, 4.69) is 15.9 Å². The molecule has 0 aliphatic carbocycles. The quantitative estimate of drug-likeness (QED) is 0.635. The molecule has 5 nitrogen and oxygen atoms in total. The van der Waals surface area contributed by atoms with Gasteiger partial charge in [-0.15, -0.1) is 0 Å². The Kier molecular flexibility index (Phi) is 6.25. The summed E-state index contributed by atoms with van der Waals surface area (Å²) in [6, 6.07) is 7.42. The van der Waals surface area contributed by atoms with Gasteiger partial charge in [0.25, 0.3) is 0 Å². The van der Waals surface area contributed by atoms with E-state index in [9.17, 15) is 9.18 Å². The molecule has 2 rings (SSSR count). The molecule has 0 amide bonds. The van der Waals surface area contributed by atoms with Crippen molar-refractivity contribution in [2.75, 3.05) is 21.3 Å². The summed E-state index contributed by atoms with van der Waals surface area (Å²) in [5, 5.41) is 0. The third kappa shape index (κ3) is 4.22. The van der Waals surface area contributed by atoms with Gasteiger partial charge >= 0.3 is 0 Å². The number of carbonyl (C=O) groups excluding carboxylic acids is 1. The van der Waals surface area contributed by atoms with E-state index in [1.165, 1.54) is 45.6 Å². The normalized spacial score (nSPS) is 11.6. The van der Waals surface area contributed by atoms with Crippen LogP contribution in [-0.2, 0) is 0 Å². The Balaban J connectivity index is 2.29. The minimum absolute atomic E-state index is 0.00325. The van der Waals surface area contributed by atoms with Gasteiger partial charge in [-0.05, 0) is 37.3 Å². The minimum atomic E-state index is -0.904. The number of methoxy groups -OCH3 is 3. The Morgan fingerprint density at radius 2 is 1.60 bits per heavy atom. The van der Waals surface area contributed by atoms with Crippen molar-refractivity contribution in [1.29, 1.82) is 0 Å². The minimum Gasteiger partial charge on any atom is -0.493 e. The van der Waals surface area contributed by atoms with Crippen LogP contribution in [0.5, 0.6) is 23.0 Å². The van der Waals surface area contributed by atoms with Crippen molar-refractivity contribution in [3.8, 4) is 23.0 Å². The zero-order chi connectivity index (χ0) is 18.6. The highest BCUT2D eigenvalue weighted by Crippen LogP contribution is 2.38. The summed E-state index contributed by atoms with van der Waals surface area (Å²) in [5.41, 5.74) is 0.305. The van der Waals surface area contributed by atoms with E-state index in [0.29, 0.717) is 27.3 Å². The van der Waals surface area contributed by atoms with Crippen LogP contribution in [0.3, 0.4) is 0 Å². The predicted molar refractivity (Wildman–Crippen MR) is 94.6 cm³/mol. The summed E-state index contributed by atoms with van der Waals surface area (Å²) in [7, 11) is 4.40. The van der Waals surface area contributed by atoms with E-state index >= 15 is 0 Å². The Bertz CT molecular complexity index is 753. The lowest BCUT2D eigenvalue weighted by Crippen LogP contribution is -2.24. The second kappa shape index (κ2) is 8.20. The lowest BCUT2D eigenvalue weighted by molar-refractivity contribution is 0.0811. The predicted octanol–water partition coefficient (Wildman–Crippen LogP) is 4.26. The second-order valence-corrected chi connectivity index (χ2v) is 6.03. The molecule has 0 saturated carbocycles. The van der Waals surface area contributed by atoms with Crippen LogP contribution in [0.15, 0.2) is 34.8 Å². The third-order valence-electron chi connectivity index (χ3n) is 3.52. The van der Waals surface area contributed by atoms with E-state index in [-0.39, 0.29) is 11.5 Å². The number of benzene rings is 2. The molecule has 2 aromatic carbocycles. The number of ketones is 1. The molecule has 1 unspecified atom stereocenters. The summed E-state index contributed by atoms with van der Waals surface area (Å²) in [5.74, 6) is 0.186. The van der Waals surface area contributed by atoms with Crippen molar-refractivity contribution in [1.82, 2.24) is 0 Å². The summed E-state index contributed by atoms with van der Waals surface area (Å²) >= 11 is 3.17. The molecule has 0 N–H and O–H groups in total. The molecule has 0 spiro atoms. The first-order valence-corrected chi connectivity index (χ1v) is 8.16. The van der Waals surface area contributed by atoms with E-state index in [4.69, 9.17) is 18.9 Å². The molecule has 0 aliphatic heterocycles. The summed E-state index contributed by atoms with van der Waals surface area (Å²) in [6.07, 6.45) is -0.904. The molecule has 0 radical (unpaired) electrons. The number of Topliss-reactive ketones (excluding diaryl/α,β-unsaturated/α-hetero) is 1. The van der Waals surface area contributed by atoms with Crippen molar-refractivity contribution < 1.29 is 28.1 Å². The molecular formula is C18H18BrFO5. The van der Waals surface area contributed by atoms with Crippen LogP contribution in [0.4, 0.5) is 4.39 Å². The first kappa shape index (κ1) is 19.1. The maximum atomic E-state index is 13.9. The van der Waals surface area contributed by atoms with Crippen LogP contribution in [0.25, 0.3) is 0 Å². The molecule has 0 fully saturated rings. The summed E-state index contributed by atoms with van der Waals surface area (Å²) < 4.78 is 35.6. The fraction of sp³-hybridized carbons (Fsp3) is 0.278.